The van der Waals surface area contributed by atoms with E-state index in [1.54, 1.807) is 17.0 Å². The Balaban J connectivity index is 1.58. The summed E-state index contributed by atoms with van der Waals surface area (Å²) in [7, 11) is 0. The summed E-state index contributed by atoms with van der Waals surface area (Å²) in [5, 5.41) is 3.45. The molecule has 2 aliphatic rings. The van der Waals surface area contributed by atoms with Crippen LogP contribution in [0.5, 0.6) is 0 Å². The Labute approximate surface area is 185 Å². The first-order valence-electron chi connectivity index (χ1n) is 10.2. The molecule has 4 rings (SSSR count). The molecule has 2 atom stereocenters. The number of amides is 2. The number of carbonyl (C=O) groups excluding carboxylic acids is 2. The molecular weight excluding hydrogens is 423 g/mol. The minimum absolute atomic E-state index is 0.0636. The van der Waals surface area contributed by atoms with Crippen LogP contribution in [0.3, 0.4) is 0 Å². The van der Waals surface area contributed by atoms with E-state index in [1.807, 2.05) is 12.1 Å². The predicted molar refractivity (Wildman–Crippen MR) is 119 cm³/mol. The van der Waals surface area contributed by atoms with Gasteiger partial charge in [0.05, 0.1) is 18.0 Å². The summed E-state index contributed by atoms with van der Waals surface area (Å²) in [4.78, 5) is 28.1. The van der Waals surface area contributed by atoms with Crippen molar-refractivity contribution in [3.05, 3.63) is 58.4 Å². The molecule has 1 aliphatic carbocycles. The normalized spacial score (nSPS) is 21.3. The van der Waals surface area contributed by atoms with E-state index in [1.165, 1.54) is 30.3 Å². The fourth-order valence-electron chi connectivity index (χ4n) is 4.12. The van der Waals surface area contributed by atoms with E-state index in [2.05, 4.69) is 12.2 Å². The molecule has 30 heavy (non-hydrogen) atoms. The third-order valence-electron chi connectivity index (χ3n) is 5.94. The van der Waals surface area contributed by atoms with Gasteiger partial charge in [-0.2, -0.15) is 0 Å². The Morgan fingerprint density at radius 2 is 2.03 bits per heavy atom. The van der Waals surface area contributed by atoms with E-state index in [0.717, 1.165) is 24.2 Å². The quantitative estimate of drug-likeness (QED) is 0.681. The smallest absolute Gasteiger partial charge is 0.251 e. The molecule has 2 aromatic rings. The summed E-state index contributed by atoms with van der Waals surface area (Å²) in [5.74, 6) is 0.192. The lowest BCUT2D eigenvalue weighted by molar-refractivity contribution is -0.116. The van der Waals surface area contributed by atoms with Crippen molar-refractivity contribution in [3.63, 3.8) is 0 Å². The second-order valence-corrected chi connectivity index (χ2v) is 9.45. The fraction of sp³-hybridized carbons (Fsp3) is 0.391. The number of anilines is 1. The molecule has 0 bridgehead atoms. The molecule has 1 fully saturated rings. The van der Waals surface area contributed by atoms with Crippen LogP contribution in [-0.4, -0.2) is 23.6 Å². The average molecular weight is 447 g/mol. The van der Waals surface area contributed by atoms with Crippen LogP contribution in [0.4, 0.5) is 10.1 Å². The van der Waals surface area contributed by atoms with Gasteiger partial charge in [-0.25, -0.2) is 4.39 Å². The molecule has 1 N–H and O–H groups in total. The monoisotopic (exact) mass is 446 g/mol. The van der Waals surface area contributed by atoms with Crippen molar-refractivity contribution in [2.75, 3.05) is 10.7 Å². The SMILES string of the molecule is CC1CCCCC1NC(=O)c1ccc2c(c1)N(Cc1ccc(F)cc1Cl)C(=O)CS2. The van der Waals surface area contributed by atoms with Crippen molar-refractivity contribution in [1.29, 1.82) is 0 Å². The van der Waals surface area contributed by atoms with E-state index in [0.29, 0.717) is 28.5 Å². The van der Waals surface area contributed by atoms with Crippen LogP contribution in [0, 0.1) is 11.7 Å². The van der Waals surface area contributed by atoms with Gasteiger partial charge in [0.2, 0.25) is 5.91 Å². The molecule has 2 aromatic carbocycles. The van der Waals surface area contributed by atoms with Crippen LogP contribution in [0.1, 0.15) is 48.5 Å². The number of halogens is 2. The van der Waals surface area contributed by atoms with Gasteiger partial charge in [0.15, 0.2) is 0 Å². The maximum atomic E-state index is 13.4. The highest BCUT2D eigenvalue weighted by atomic mass is 35.5. The number of rotatable bonds is 4. The number of fused-ring (bicyclic) bond motifs is 1. The summed E-state index contributed by atoms with van der Waals surface area (Å²) in [6.07, 6.45) is 4.48. The number of hydrogen-bond acceptors (Lipinski definition) is 3. The molecule has 4 nitrogen and oxygen atoms in total. The topological polar surface area (TPSA) is 49.4 Å². The summed E-state index contributed by atoms with van der Waals surface area (Å²) in [6, 6.07) is 9.84. The number of thioether (sulfide) groups is 1. The molecule has 2 amide bonds. The lowest BCUT2D eigenvalue weighted by Gasteiger charge is -2.31. The number of carbonyl (C=O) groups is 2. The van der Waals surface area contributed by atoms with E-state index >= 15 is 0 Å². The van der Waals surface area contributed by atoms with Crippen LogP contribution in [-0.2, 0) is 11.3 Å². The molecule has 0 spiro atoms. The zero-order chi connectivity index (χ0) is 21.3. The van der Waals surface area contributed by atoms with E-state index in [-0.39, 0.29) is 29.4 Å². The highest BCUT2D eigenvalue weighted by Crippen LogP contribution is 2.37. The second kappa shape index (κ2) is 8.98. The fourth-order valence-corrected chi connectivity index (χ4v) is 5.26. The van der Waals surface area contributed by atoms with Crippen LogP contribution < -0.4 is 10.2 Å². The Bertz CT molecular complexity index is 984. The summed E-state index contributed by atoms with van der Waals surface area (Å²) >= 11 is 7.64. The van der Waals surface area contributed by atoms with Crippen molar-refractivity contribution in [3.8, 4) is 0 Å². The zero-order valence-corrected chi connectivity index (χ0v) is 18.4. The number of hydrogen-bond donors (Lipinski definition) is 1. The van der Waals surface area contributed by atoms with Gasteiger partial charge in [-0.3, -0.25) is 9.59 Å². The van der Waals surface area contributed by atoms with Gasteiger partial charge in [0, 0.05) is 21.5 Å². The van der Waals surface area contributed by atoms with Gasteiger partial charge < -0.3 is 10.2 Å². The Hall–Kier alpha value is -2.05. The van der Waals surface area contributed by atoms with E-state index in [9.17, 15) is 14.0 Å². The van der Waals surface area contributed by atoms with Gasteiger partial charge in [-0.1, -0.05) is 37.4 Å². The van der Waals surface area contributed by atoms with E-state index in [4.69, 9.17) is 11.6 Å². The molecule has 2 unspecified atom stereocenters. The highest BCUT2D eigenvalue weighted by Gasteiger charge is 2.28. The van der Waals surface area contributed by atoms with Crippen LogP contribution in [0.25, 0.3) is 0 Å². The standard InChI is InChI=1S/C23H24ClFN2O2S/c1-14-4-2-3-5-19(14)26-23(29)15-7-9-21-20(10-15)27(22(28)13-30-21)12-16-6-8-17(25)11-18(16)24/h6-11,14,19H,2-5,12-13H2,1H3,(H,26,29). The van der Waals surface area contributed by atoms with Crippen LogP contribution >= 0.6 is 23.4 Å². The zero-order valence-electron chi connectivity index (χ0n) is 16.8. The first-order valence-corrected chi connectivity index (χ1v) is 11.6. The Kier molecular flexibility index (Phi) is 6.34. The molecule has 1 heterocycles. The predicted octanol–water partition coefficient (Wildman–Crippen LogP) is 5.43. The number of nitrogens with one attached hydrogen (secondary N) is 1. The maximum Gasteiger partial charge on any atom is 0.251 e. The lowest BCUT2D eigenvalue weighted by Crippen LogP contribution is -2.41. The first-order chi connectivity index (χ1) is 14.4. The summed E-state index contributed by atoms with van der Waals surface area (Å²) in [6.45, 7) is 2.41. The largest absolute Gasteiger partial charge is 0.349 e. The van der Waals surface area contributed by atoms with Gasteiger partial charge in [-0.05, 0) is 54.7 Å². The molecule has 0 aromatic heterocycles. The summed E-state index contributed by atoms with van der Waals surface area (Å²) in [5.41, 5.74) is 1.90. The van der Waals surface area contributed by atoms with Crippen molar-refractivity contribution >= 4 is 40.9 Å². The van der Waals surface area contributed by atoms with Crippen molar-refractivity contribution in [1.82, 2.24) is 5.32 Å². The highest BCUT2D eigenvalue weighted by molar-refractivity contribution is 8.00. The third kappa shape index (κ3) is 4.49. The van der Waals surface area contributed by atoms with Gasteiger partial charge in [-0.15, -0.1) is 11.8 Å². The second-order valence-electron chi connectivity index (χ2n) is 8.03. The van der Waals surface area contributed by atoms with Crippen molar-refractivity contribution in [2.24, 2.45) is 5.92 Å². The molecule has 1 saturated carbocycles. The maximum absolute atomic E-state index is 13.4. The Morgan fingerprint density at radius 3 is 2.80 bits per heavy atom. The third-order valence-corrected chi connectivity index (χ3v) is 7.34. The minimum atomic E-state index is -0.416. The van der Waals surface area contributed by atoms with Crippen LogP contribution in [0.2, 0.25) is 5.02 Å². The van der Waals surface area contributed by atoms with E-state index < -0.39 is 5.82 Å². The average Bonchev–Trinajstić information content (AvgIpc) is 2.73. The molecule has 7 heteroatoms. The molecule has 158 valence electrons. The van der Waals surface area contributed by atoms with Gasteiger partial charge >= 0.3 is 0 Å². The van der Waals surface area contributed by atoms with Crippen LogP contribution in [0.15, 0.2) is 41.3 Å². The van der Waals surface area contributed by atoms with Crippen molar-refractivity contribution in [2.45, 2.75) is 50.1 Å². The summed E-state index contributed by atoms with van der Waals surface area (Å²) < 4.78 is 13.4. The number of benzene rings is 2. The molecule has 1 aliphatic heterocycles. The lowest BCUT2D eigenvalue weighted by atomic mass is 9.86. The first kappa shape index (κ1) is 21.2. The molecule has 0 saturated heterocycles. The molecule has 0 radical (unpaired) electrons. The minimum Gasteiger partial charge on any atom is -0.349 e. The Morgan fingerprint density at radius 1 is 1.23 bits per heavy atom. The van der Waals surface area contributed by atoms with Gasteiger partial charge in [0.25, 0.3) is 5.91 Å². The number of nitrogens with zero attached hydrogens (tertiary/aromatic N) is 1. The van der Waals surface area contributed by atoms with Gasteiger partial charge in [0.1, 0.15) is 5.82 Å². The molecular formula is C23H24ClFN2O2S. The van der Waals surface area contributed by atoms with Crippen molar-refractivity contribution < 1.29 is 14.0 Å².